The van der Waals surface area contributed by atoms with Gasteiger partial charge in [-0.3, -0.25) is 4.57 Å². The van der Waals surface area contributed by atoms with E-state index in [1.807, 2.05) is 35.9 Å². The maximum atomic E-state index is 6.13. The van der Waals surface area contributed by atoms with Crippen molar-refractivity contribution in [2.24, 2.45) is 0 Å². The van der Waals surface area contributed by atoms with E-state index < -0.39 is 0 Å². The third-order valence-corrected chi connectivity index (χ3v) is 3.83. The summed E-state index contributed by atoms with van der Waals surface area (Å²) < 4.78 is 7.88. The van der Waals surface area contributed by atoms with E-state index in [1.165, 1.54) is 0 Å². The minimum atomic E-state index is 0.632. The molecule has 0 unspecified atom stereocenters. The first kappa shape index (κ1) is 14.4. The molecule has 6 heteroatoms. The maximum Gasteiger partial charge on any atom is 0.207 e. The highest BCUT2D eigenvalue weighted by Crippen LogP contribution is 2.26. The topological polar surface area (TPSA) is 39.1 Å². The molecule has 0 bridgehead atoms. The summed E-state index contributed by atoms with van der Waals surface area (Å²) in [6.07, 6.45) is 1.97. The summed E-state index contributed by atoms with van der Waals surface area (Å²) in [5, 5.41) is 3.91. The number of anilines is 1. The molecule has 19 heavy (non-hydrogen) atoms. The molecule has 0 spiro atoms. The highest BCUT2D eigenvalue weighted by atomic mass is 79.9. The molecule has 0 atom stereocenters. The Morgan fingerprint density at radius 2 is 2.26 bits per heavy atom. The molecule has 1 aromatic carbocycles. The van der Waals surface area contributed by atoms with Gasteiger partial charge in [0.25, 0.3) is 0 Å². The van der Waals surface area contributed by atoms with Gasteiger partial charge >= 0.3 is 0 Å². The van der Waals surface area contributed by atoms with Gasteiger partial charge in [-0.2, -0.15) is 0 Å². The van der Waals surface area contributed by atoms with E-state index in [9.17, 15) is 0 Å². The molecular weight excluding hydrogens is 330 g/mol. The Bertz CT molecular complexity index is 571. The summed E-state index contributed by atoms with van der Waals surface area (Å²) >= 11 is 9.52. The fourth-order valence-corrected chi connectivity index (χ4v) is 2.14. The number of halogens is 2. The zero-order valence-electron chi connectivity index (χ0n) is 10.8. The van der Waals surface area contributed by atoms with Crippen molar-refractivity contribution in [3.05, 3.63) is 39.6 Å². The van der Waals surface area contributed by atoms with Gasteiger partial charge in [0.1, 0.15) is 0 Å². The summed E-state index contributed by atoms with van der Waals surface area (Å²) in [5.41, 5.74) is 1.91. The molecule has 0 aliphatic carbocycles. The lowest BCUT2D eigenvalue weighted by Gasteiger charge is -2.10. The Morgan fingerprint density at radius 1 is 1.47 bits per heavy atom. The van der Waals surface area contributed by atoms with Crippen molar-refractivity contribution < 1.29 is 4.74 Å². The van der Waals surface area contributed by atoms with Crippen molar-refractivity contribution >= 4 is 33.5 Å². The highest BCUT2D eigenvalue weighted by Gasteiger charge is 2.08. The van der Waals surface area contributed by atoms with Crippen LogP contribution in [0.15, 0.2) is 28.9 Å². The largest absolute Gasteiger partial charge is 0.383 e. The van der Waals surface area contributed by atoms with E-state index in [0.29, 0.717) is 18.2 Å². The molecule has 1 N–H and O–H groups in total. The van der Waals surface area contributed by atoms with Crippen LogP contribution in [0.25, 0.3) is 5.69 Å². The number of imidazole rings is 1. The lowest BCUT2D eigenvalue weighted by Crippen LogP contribution is -2.11. The first-order valence-electron chi connectivity index (χ1n) is 5.86. The minimum Gasteiger partial charge on any atom is -0.383 e. The Balaban J connectivity index is 2.29. The van der Waals surface area contributed by atoms with Crippen LogP contribution >= 0.6 is 27.5 Å². The Labute approximate surface area is 125 Å². The van der Waals surface area contributed by atoms with Crippen LogP contribution in [0.3, 0.4) is 0 Å². The smallest absolute Gasteiger partial charge is 0.207 e. The third-order valence-electron chi connectivity index (χ3n) is 2.60. The summed E-state index contributed by atoms with van der Waals surface area (Å²) in [5.74, 6) is 0.785. The normalized spacial score (nSPS) is 10.7. The second kappa shape index (κ2) is 6.41. The van der Waals surface area contributed by atoms with Crippen molar-refractivity contribution in [1.29, 1.82) is 0 Å². The average Bonchev–Trinajstić information content (AvgIpc) is 2.74. The van der Waals surface area contributed by atoms with Gasteiger partial charge < -0.3 is 10.1 Å². The number of methoxy groups -OCH3 is 1. The van der Waals surface area contributed by atoms with Crippen LogP contribution in [0.2, 0.25) is 5.02 Å². The van der Waals surface area contributed by atoms with Crippen LogP contribution < -0.4 is 5.32 Å². The monoisotopic (exact) mass is 343 g/mol. The number of aryl methyl sites for hydroxylation is 1. The molecule has 0 aliphatic rings. The SMILES string of the molecule is COCCNc1nc(C)cn1-c1ccc(Br)c(Cl)c1. The van der Waals surface area contributed by atoms with Crippen LogP contribution in [-0.4, -0.2) is 29.8 Å². The van der Waals surface area contributed by atoms with Gasteiger partial charge in [-0.05, 0) is 41.1 Å². The molecule has 4 nitrogen and oxygen atoms in total. The number of hydrogen-bond acceptors (Lipinski definition) is 3. The summed E-state index contributed by atoms with van der Waals surface area (Å²) in [7, 11) is 1.67. The third kappa shape index (κ3) is 3.49. The second-order valence-electron chi connectivity index (χ2n) is 4.09. The summed E-state index contributed by atoms with van der Waals surface area (Å²) in [6, 6.07) is 5.80. The van der Waals surface area contributed by atoms with Crippen LogP contribution in [0.1, 0.15) is 5.69 Å². The fraction of sp³-hybridized carbons (Fsp3) is 0.308. The average molecular weight is 345 g/mol. The number of hydrogen-bond donors (Lipinski definition) is 1. The number of nitrogens with one attached hydrogen (secondary N) is 1. The predicted octanol–water partition coefficient (Wildman–Crippen LogP) is 3.65. The van der Waals surface area contributed by atoms with Crippen LogP contribution in [-0.2, 0) is 4.74 Å². The predicted molar refractivity (Wildman–Crippen MR) is 81.4 cm³/mol. The van der Waals surface area contributed by atoms with E-state index in [2.05, 4.69) is 26.2 Å². The molecule has 0 saturated heterocycles. The van der Waals surface area contributed by atoms with Crippen molar-refractivity contribution in [3.8, 4) is 5.69 Å². The number of benzene rings is 1. The van der Waals surface area contributed by atoms with Gasteiger partial charge in [0.2, 0.25) is 5.95 Å². The zero-order valence-corrected chi connectivity index (χ0v) is 13.1. The van der Waals surface area contributed by atoms with Gasteiger partial charge in [0.15, 0.2) is 0 Å². The first-order chi connectivity index (χ1) is 9.11. The summed E-state index contributed by atoms with van der Waals surface area (Å²) in [4.78, 5) is 4.45. The standard InChI is InChI=1S/C13H15BrClN3O/c1-9-8-18(13(17-9)16-5-6-19-2)10-3-4-11(14)12(15)7-10/h3-4,7-8H,5-6H2,1-2H3,(H,16,17). The van der Waals surface area contributed by atoms with E-state index >= 15 is 0 Å². The van der Waals surface area contributed by atoms with Crippen LogP contribution in [0.4, 0.5) is 5.95 Å². The van der Waals surface area contributed by atoms with Crippen molar-refractivity contribution in [3.63, 3.8) is 0 Å². The fourth-order valence-electron chi connectivity index (χ4n) is 1.72. The van der Waals surface area contributed by atoms with E-state index in [-0.39, 0.29) is 0 Å². The quantitative estimate of drug-likeness (QED) is 0.841. The number of aromatic nitrogens is 2. The Hall–Kier alpha value is -1.04. The Morgan fingerprint density at radius 3 is 2.95 bits per heavy atom. The van der Waals surface area contributed by atoms with E-state index in [1.54, 1.807) is 7.11 Å². The number of rotatable bonds is 5. The molecule has 1 aromatic heterocycles. The van der Waals surface area contributed by atoms with Crippen molar-refractivity contribution in [2.75, 3.05) is 25.6 Å². The molecule has 0 aliphatic heterocycles. The van der Waals surface area contributed by atoms with Crippen LogP contribution in [0, 0.1) is 6.92 Å². The van der Waals surface area contributed by atoms with Crippen molar-refractivity contribution in [2.45, 2.75) is 6.92 Å². The molecule has 0 fully saturated rings. The van der Waals surface area contributed by atoms with Gasteiger partial charge in [-0.25, -0.2) is 4.98 Å². The molecule has 2 aromatic rings. The molecule has 102 valence electrons. The molecule has 0 saturated carbocycles. The van der Waals surface area contributed by atoms with E-state index in [4.69, 9.17) is 16.3 Å². The number of nitrogens with zero attached hydrogens (tertiary/aromatic N) is 2. The van der Waals surface area contributed by atoms with E-state index in [0.717, 1.165) is 21.8 Å². The van der Waals surface area contributed by atoms with Crippen LogP contribution in [0.5, 0.6) is 0 Å². The molecule has 0 radical (unpaired) electrons. The minimum absolute atomic E-state index is 0.632. The van der Waals surface area contributed by atoms with Crippen molar-refractivity contribution in [1.82, 2.24) is 9.55 Å². The maximum absolute atomic E-state index is 6.13. The number of ether oxygens (including phenoxy) is 1. The first-order valence-corrected chi connectivity index (χ1v) is 7.03. The molecular formula is C13H15BrClN3O. The van der Waals surface area contributed by atoms with Gasteiger partial charge in [-0.1, -0.05) is 11.6 Å². The van der Waals surface area contributed by atoms with Gasteiger partial charge in [0, 0.05) is 24.3 Å². The summed E-state index contributed by atoms with van der Waals surface area (Å²) in [6.45, 7) is 3.29. The lowest BCUT2D eigenvalue weighted by atomic mass is 10.3. The molecule has 1 heterocycles. The lowest BCUT2D eigenvalue weighted by molar-refractivity contribution is 0.210. The highest BCUT2D eigenvalue weighted by molar-refractivity contribution is 9.10. The molecule has 2 rings (SSSR count). The van der Waals surface area contributed by atoms with Gasteiger partial charge in [-0.15, -0.1) is 0 Å². The zero-order chi connectivity index (χ0) is 13.8. The second-order valence-corrected chi connectivity index (χ2v) is 5.36. The van der Waals surface area contributed by atoms with Gasteiger partial charge in [0.05, 0.1) is 23.0 Å². The Kier molecular flexibility index (Phi) is 4.85. The molecule has 0 amide bonds.